The van der Waals surface area contributed by atoms with Crippen LogP contribution in [0.25, 0.3) is 22.3 Å². The number of H-pyrrole nitrogens is 4. The van der Waals surface area contributed by atoms with Crippen LogP contribution in [-0.4, -0.2) is 29.9 Å². The summed E-state index contributed by atoms with van der Waals surface area (Å²) in [6, 6.07) is 0. The third kappa shape index (κ3) is 1.36. The number of hydrogen-bond acceptors (Lipinski definition) is 6. The Bertz CT molecular complexity index is 927. The predicted octanol–water partition coefficient (Wildman–Crippen LogP) is -2.46. The number of nitrogens with zero attached hydrogens (tertiary/aromatic N) is 2. The molecule has 0 aliphatic carbocycles. The van der Waals surface area contributed by atoms with Gasteiger partial charge in [0.1, 0.15) is 0 Å². The topological polar surface area (TPSA) is 157 Å². The quantitative estimate of drug-likeness (QED) is 0.323. The number of hydrogen-bond donors (Lipinski definition) is 4. The van der Waals surface area contributed by atoms with Crippen LogP contribution < -0.4 is 22.5 Å². The summed E-state index contributed by atoms with van der Waals surface area (Å²) >= 11 is 0. The standard InChI is InChI=1S/C8H4N6O4/c15-5-1-3(11-7(17)13-5)10-4-2(9-1)6(16)14-8(18)12-4/h(H4,10,11,12,13,14,15,16,17,18). The lowest BCUT2D eigenvalue weighted by molar-refractivity contribution is 1.02. The monoisotopic (exact) mass is 248 g/mol. The molecule has 3 aromatic rings. The number of aromatic nitrogens is 6. The highest BCUT2D eigenvalue weighted by molar-refractivity contribution is 5.80. The van der Waals surface area contributed by atoms with Crippen molar-refractivity contribution in [2.24, 2.45) is 0 Å². The molecule has 4 N–H and O–H groups in total. The van der Waals surface area contributed by atoms with Gasteiger partial charge in [-0.1, -0.05) is 0 Å². The molecule has 18 heavy (non-hydrogen) atoms. The molecule has 0 spiro atoms. The zero-order valence-corrected chi connectivity index (χ0v) is 8.53. The van der Waals surface area contributed by atoms with E-state index >= 15 is 0 Å². The Balaban J connectivity index is 2.68. The smallest absolute Gasteiger partial charge is 0.290 e. The molecular weight excluding hydrogens is 244 g/mol. The van der Waals surface area contributed by atoms with Crippen molar-refractivity contribution in [1.29, 1.82) is 0 Å². The summed E-state index contributed by atoms with van der Waals surface area (Å²) < 4.78 is 0. The average Bonchev–Trinajstić information content (AvgIpc) is 2.26. The zero-order valence-electron chi connectivity index (χ0n) is 8.53. The molecule has 0 aliphatic heterocycles. The SMILES string of the molecule is O=c1[nH]c(=O)c2nc3c(=O)[nH]c(=O)[nH]c3nc2[nH]1. The summed E-state index contributed by atoms with van der Waals surface area (Å²) in [6.07, 6.45) is 0. The van der Waals surface area contributed by atoms with Crippen LogP contribution in [0, 0.1) is 0 Å². The van der Waals surface area contributed by atoms with Crippen LogP contribution in [-0.2, 0) is 0 Å². The fourth-order valence-corrected chi connectivity index (χ4v) is 1.53. The number of rotatable bonds is 0. The molecule has 0 saturated heterocycles. The molecule has 0 fully saturated rings. The first kappa shape index (κ1) is 10.1. The highest BCUT2D eigenvalue weighted by Crippen LogP contribution is 2.02. The Morgan fingerprint density at radius 2 is 1.06 bits per heavy atom. The van der Waals surface area contributed by atoms with Crippen molar-refractivity contribution >= 4 is 22.3 Å². The van der Waals surface area contributed by atoms with Crippen molar-refractivity contribution in [1.82, 2.24) is 29.9 Å². The Labute approximate surface area is 94.8 Å². The minimum absolute atomic E-state index is 0.113. The van der Waals surface area contributed by atoms with Crippen LogP contribution in [0.2, 0.25) is 0 Å². The van der Waals surface area contributed by atoms with E-state index in [4.69, 9.17) is 0 Å². The Morgan fingerprint density at radius 1 is 0.611 bits per heavy atom. The van der Waals surface area contributed by atoms with Crippen LogP contribution in [0.3, 0.4) is 0 Å². The van der Waals surface area contributed by atoms with E-state index in [1.54, 1.807) is 0 Å². The van der Waals surface area contributed by atoms with Gasteiger partial charge in [0.2, 0.25) is 0 Å². The molecule has 0 aromatic carbocycles. The van der Waals surface area contributed by atoms with Crippen LogP contribution in [0.4, 0.5) is 0 Å². The number of nitrogens with one attached hydrogen (secondary N) is 4. The van der Waals surface area contributed by atoms with Crippen LogP contribution in [0.1, 0.15) is 0 Å². The zero-order chi connectivity index (χ0) is 12.9. The second-order valence-electron chi connectivity index (χ2n) is 3.43. The van der Waals surface area contributed by atoms with Gasteiger partial charge in [0, 0.05) is 0 Å². The fraction of sp³-hybridized carbons (Fsp3) is 0. The molecule has 0 bridgehead atoms. The third-order valence-corrected chi connectivity index (χ3v) is 2.24. The van der Waals surface area contributed by atoms with Crippen molar-refractivity contribution in [2.45, 2.75) is 0 Å². The third-order valence-electron chi connectivity index (χ3n) is 2.24. The first-order chi connectivity index (χ1) is 8.54. The first-order valence-corrected chi connectivity index (χ1v) is 4.71. The van der Waals surface area contributed by atoms with Gasteiger partial charge in [-0.3, -0.25) is 29.5 Å². The largest absolute Gasteiger partial charge is 0.327 e. The lowest BCUT2D eigenvalue weighted by atomic mass is 10.4. The lowest BCUT2D eigenvalue weighted by Crippen LogP contribution is -2.27. The molecule has 0 aliphatic rings. The minimum atomic E-state index is -0.770. The minimum Gasteiger partial charge on any atom is -0.290 e. The predicted molar refractivity (Wildman–Crippen MR) is 59.5 cm³/mol. The summed E-state index contributed by atoms with van der Waals surface area (Å²) in [5.41, 5.74) is -3.67. The molecule has 10 nitrogen and oxygen atoms in total. The Kier molecular flexibility index (Phi) is 1.82. The van der Waals surface area contributed by atoms with E-state index in [1.165, 1.54) is 0 Å². The summed E-state index contributed by atoms with van der Waals surface area (Å²) in [4.78, 5) is 61.0. The highest BCUT2D eigenvalue weighted by Gasteiger charge is 2.09. The Hall–Kier alpha value is -3.04. The Morgan fingerprint density at radius 3 is 1.50 bits per heavy atom. The maximum atomic E-state index is 11.5. The normalized spacial score (nSPS) is 11.1. The molecule has 3 aromatic heterocycles. The van der Waals surface area contributed by atoms with Crippen molar-refractivity contribution in [3.05, 3.63) is 41.7 Å². The molecule has 0 atom stereocenters. The van der Waals surface area contributed by atoms with Gasteiger partial charge in [-0.2, -0.15) is 0 Å². The van der Waals surface area contributed by atoms with Gasteiger partial charge >= 0.3 is 11.4 Å². The molecule has 0 amide bonds. The highest BCUT2D eigenvalue weighted by atomic mass is 16.2. The van der Waals surface area contributed by atoms with E-state index in [0.29, 0.717) is 0 Å². The summed E-state index contributed by atoms with van der Waals surface area (Å²) in [7, 11) is 0. The summed E-state index contributed by atoms with van der Waals surface area (Å²) in [5, 5.41) is 0. The average molecular weight is 248 g/mol. The van der Waals surface area contributed by atoms with E-state index in [-0.39, 0.29) is 22.3 Å². The van der Waals surface area contributed by atoms with Crippen molar-refractivity contribution in [2.75, 3.05) is 0 Å². The molecule has 10 heteroatoms. The summed E-state index contributed by atoms with van der Waals surface area (Å²) in [6.45, 7) is 0. The van der Waals surface area contributed by atoms with Gasteiger partial charge in [-0.15, -0.1) is 0 Å². The molecule has 90 valence electrons. The van der Waals surface area contributed by atoms with Gasteiger partial charge in [0.25, 0.3) is 11.1 Å². The lowest BCUT2D eigenvalue weighted by Gasteiger charge is -1.97. The second kappa shape index (κ2) is 3.23. The van der Waals surface area contributed by atoms with E-state index < -0.39 is 22.5 Å². The molecule has 0 saturated carbocycles. The maximum Gasteiger partial charge on any atom is 0.327 e. The van der Waals surface area contributed by atoms with Gasteiger partial charge < -0.3 is 0 Å². The molecule has 0 unspecified atom stereocenters. The van der Waals surface area contributed by atoms with E-state index in [9.17, 15) is 19.2 Å². The van der Waals surface area contributed by atoms with Crippen LogP contribution >= 0.6 is 0 Å². The van der Waals surface area contributed by atoms with Crippen LogP contribution in [0.15, 0.2) is 19.2 Å². The molecular formula is C8H4N6O4. The summed E-state index contributed by atoms with van der Waals surface area (Å²) in [5.74, 6) is 0. The van der Waals surface area contributed by atoms with Crippen LogP contribution in [0.5, 0.6) is 0 Å². The van der Waals surface area contributed by atoms with E-state index in [1.807, 2.05) is 9.97 Å². The molecule has 3 heterocycles. The van der Waals surface area contributed by atoms with Gasteiger partial charge in [0.05, 0.1) is 0 Å². The number of fused-ring (bicyclic) bond motifs is 2. The van der Waals surface area contributed by atoms with Crippen molar-refractivity contribution in [3.8, 4) is 0 Å². The maximum absolute atomic E-state index is 11.5. The molecule has 3 rings (SSSR count). The number of aromatic amines is 4. The van der Waals surface area contributed by atoms with Gasteiger partial charge in [0.15, 0.2) is 22.3 Å². The van der Waals surface area contributed by atoms with Gasteiger partial charge in [-0.25, -0.2) is 19.6 Å². The van der Waals surface area contributed by atoms with Crippen molar-refractivity contribution < 1.29 is 0 Å². The van der Waals surface area contributed by atoms with Gasteiger partial charge in [-0.05, 0) is 0 Å². The van der Waals surface area contributed by atoms with E-state index in [0.717, 1.165) is 0 Å². The first-order valence-electron chi connectivity index (χ1n) is 4.71. The fourth-order valence-electron chi connectivity index (χ4n) is 1.53. The molecule has 0 radical (unpaired) electrons. The van der Waals surface area contributed by atoms with E-state index in [2.05, 4.69) is 19.9 Å². The second-order valence-corrected chi connectivity index (χ2v) is 3.43. The van der Waals surface area contributed by atoms with Crippen molar-refractivity contribution in [3.63, 3.8) is 0 Å².